The van der Waals surface area contributed by atoms with Crippen molar-refractivity contribution in [2.45, 2.75) is 46.1 Å². The van der Waals surface area contributed by atoms with E-state index in [0.29, 0.717) is 0 Å². The lowest BCUT2D eigenvalue weighted by atomic mass is 10.1. The summed E-state index contributed by atoms with van der Waals surface area (Å²) < 4.78 is 5.80. The zero-order chi connectivity index (χ0) is 10.3. The maximum atomic E-state index is 5.80. The van der Waals surface area contributed by atoms with Crippen LogP contribution in [0.25, 0.3) is 0 Å². The molecule has 0 spiro atoms. The second-order valence-electron chi connectivity index (χ2n) is 4.64. The fraction of sp³-hybridized carbons (Fsp3) is 1.00. The summed E-state index contributed by atoms with van der Waals surface area (Å²) in [5.74, 6) is 0.736. The SMILES string of the molecule is CNCCC(C)(C)OCCC(C)C. The highest BCUT2D eigenvalue weighted by Gasteiger charge is 2.17. The molecule has 0 aromatic rings. The average Bonchev–Trinajstić information content (AvgIpc) is 2.00. The first-order chi connectivity index (χ1) is 5.98. The fourth-order valence-corrected chi connectivity index (χ4v) is 1.07. The average molecular weight is 187 g/mol. The molecular formula is C11H25NO. The Morgan fingerprint density at radius 1 is 1.31 bits per heavy atom. The van der Waals surface area contributed by atoms with Gasteiger partial charge in [-0.15, -0.1) is 0 Å². The fourth-order valence-electron chi connectivity index (χ4n) is 1.07. The molecule has 1 N–H and O–H groups in total. The van der Waals surface area contributed by atoms with E-state index in [1.54, 1.807) is 0 Å². The zero-order valence-corrected chi connectivity index (χ0v) is 9.81. The smallest absolute Gasteiger partial charge is 0.0638 e. The van der Waals surface area contributed by atoms with Crippen LogP contribution < -0.4 is 5.32 Å². The van der Waals surface area contributed by atoms with E-state index in [-0.39, 0.29) is 5.60 Å². The number of nitrogens with one attached hydrogen (secondary N) is 1. The van der Waals surface area contributed by atoms with Gasteiger partial charge in [0.25, 0.3) is 0 Å². The number of hydrogen-bond acceptors (Lipinski definition) is 2. The molecule has 0 radical (unpaired) electrons. The molecule has 0 unspecified atom stereocenters. The van der Waals surface area contributed by atoms with Gasteiger partial charge in [-0.2, -0.15) is 0 Å². The monoisotopic (exact) mass is 187 g/mol. The van der Waals surface area contributed by atoms with Crippen molar-refractivity contribution < 1.29 is 4.74 Å². The van der Waals surface area contributed by atoms with Gasteiger partial charge in [0.1, 0.15) is 0 Å². The molecule has 0 rings (SSSR count). The predicted octanol–water partition coefficient (Wildman–Crippen LogP) is 2.44. The summed E-state index contributed by atoms with van der Waals surface area (Å²) in [4.78, 5) is 0. The van der Waals surface area contributed by atoms with Gasteiger partial charge in [0.2, 0.25) is 0 Å². The lowest BCUT2D eigenvalue weighted by Gasteiger charge is -2.25. The lowest BCUT2D eigenvalue weighted by Crippen LogP contribution is -2.29. The van der Waals surface area contributed by atoms with Crippen LogP contribution in [-0.4, -0.2) is 25.8 Å². The normalized spacial score (nSPS) is 12.5. The Morgan fingerprint density at radius 3 is 2.38 bits per heavy atom. The standard InChI is InChI=1S/C11H25NO/c1-10(2)6-9-13-11(3,4)7-8-12-5/h10,12H,6-9H2,1-5H3. The van der Waals surface area contributed by atoms with E-state index < -0.39 is 0 Å². The Labute approximate surface area is 83.1 Å². The molecule has 2 heteroatoms. The Hall–Kier alpha value is -0.0800. The van der Waals surface area contributed by atoms with Crippen LogP contribution in [0, 0.1) is 5.92 Å². The molecule has 0 amide bonds. The van der Waals surface area contributed by atoms with Gasteiger partial charge in [0.05, 0.1) is 5.60 Å². The van der Waals surface area contributed by atoms with Crippen molar-refractivity contribution >= 4 is 0 Å². The minimum atomic E-state index is 0.0257. The Kier molecular flexibility index (Phi) is 6.35. The van der Waals surface area contributed by atoms with Crippen molar-refractivity contribution in [3.8, 4) is 0 Å². The quantitative estimate of drug-likeness (QED) is 0.661. The van der Waals surface area contributed by atoms with E-state index >= 15 is 0 Å². The molecule has 0 aliphatic carbocycles. The predicted molar refractivity (Wildman–Crippen MR) is 58.0 cm³/mol. The summed E-state index contributed by atoms with van der Waals surface area (Å²) in [5.41, 5.74) is 0.0257. The van der Waals surface area contributed by atoms with Gasteiger partial charge >= 0.3 is 0 Å². The molecule has 0 bridgehead atoms. The van der Waals surface area contributed by atoms with Crippen LogP contribution in [0.2, 0.25) is 0 Å². The van der Waals surface area contributed by atoms with E-state index in [0.717, 1.165) is 31.9 Å². The minimum absolute atomic E-state index is 0.0257. The van der Waals surface area contributed by atoms with Gasteiger partial charge in [-0.05, 0) is 46.2 Å². The van der Waals surface area contributed by atoms with Gasteiger partial charge in [0.15, 0.2) is 0 Å². The van der Waals surface area contributed by atoms with E-state index in [4.69, 9.17) is 4.74 Å². The third-order valence-electron chi connectivity index (χ3n) is 2.17. The first kappa shape index (κ1) is 12.9. The van der Waals surface area contributed by atoms with Gasteiger partial charge in [-0.1, -0.05) is 13.8 Å². The number of ether oxygens (including phenoxy) is 1. The molecule has 0 aliphatic rings. The second-order valence-corrected chi connectivity index (χ2v) is 4.64. The van der Waals surface area contributed by atoms with Crippen LogP contribution in [0.15, 0.2) is 0 Å². The molecule has 80 valence electrons. The highest BCUT2D eigenvalue weighted by molar-refractivity contribution is 4.69. The van der Waals surface area contributed by atoms with Gasteiger partial charge in [-0.25, -0.2) is 0 Å². The van der Waals surface area contributed by atoms with Gasteiger partial charge in [-0.3, -0.25) is 0 Å². The van der Waals surface area contributed by atoms with Crippen molar-refractivity contribution in [2.24, 2.45) is 5.92 Å². The zero-order valence-electron chi connectivity index (χ0n) is 9.81. The van der Waals surface area contributed by atoms with Crippen molar-refractivity contribution in [1.82, 2.24) is 5.32 Å². The van der Waals surface area contributed by atoms with Crippen LogP contribution in [0.5, 0.6) is 0 Å². The summed E-state index contributed by atoms with van der Waals surface area (Å²) in [6, 6.07) is 0. The van der Waals surface area contributed by atoms with Gasteiger partial charge < -0.3 is 10.1 Å². The third kappa shape index (κ3) is 8.26. The van der Waals surface area contributed by atoms with Crippen molar-refractivity contribution in [3.63, 3.8) is 0 Å². The highest BCUT2D eigenvalue weighted by atomic mass is 16.5. The number of rotatable bonds is 7. The van der Waals surface area contributed by atoms with Crippen LogP contribution in [0.1, 0.15) is 40.5 Å². The molecule has 0 saturated heterocycles. The molecular weight excluding hydrogens is 162 g/mol. The molecule has 13 heavy (non-hydrogen) atoms. The molecule has 0 aliphatic heterocycles. The maximum Gasteiger partial charge on any atom is 0.0638 e. The van der Waals surface area contributed by atoms with E-state index in [1.807, 2.05) is 7.05 Å². The summed E-state index contributed by atoms with van der Waals surface area (Å²) in [5, 5.41) is 3.14. The lowest BCUT2D eigenvalue weighted by molar-refractivity contribution is -0.0269. The van der Waals surface area contributed by atoms with E-state index in [1.165, 1.54) is 0 Å². The summed E-state index contributed by atoms with van der Waals surface area (Å²) in [6.07, 6.45) is 2.23. The minimum Gasteiger partial charge on any atom is -0.376 e. The molecule has 0 heterocycles. The maximum absolute atomic E-state index is 5.80. The Balaban J connectivity index is 3.50. The van der Waals surface area contributed by atoms with Crippen LogP contribution in [0.3, 0.4) is 0 Å². The molecule has 0 fully saturated rings. The summed E-state index contributed by atoms with van der Waals surface area (Å²) in [7, 11) is 1.98. The molecule has 0 atom stereocenters. The Bertz CT molecular complexity index is 121. The molecule has 0 aromatic heterocycles. The third-order valence-corrected chi connectivity index (χ3v) is 2.17. The Morgan fingerprint density at radius 2 is 1.92 bits per heavy atom. The van der Waals surface area contributed by atoms with Crippen molar-refractivity contribution in [3.05, 3.63) is 0 Å². The van der Waals surface area contributed by atoms with Crippen molar-refractivity contribution in [2.75, 3.05) is 20.2 Å². The molecule has 2 nitrogen and oxygen atoms in total. The largest absolute Gasteiger partial charge is 0.376 e. The van der Waals surface area contributed by atoms with E-state index in [9.17, 15) is 0 Å². The molecule has 0 aromatic carbocycles. The first-order valence-corrected chi connectivity index (χ1v) is 5.26. The highest BCUT2D eigenvalue weighted by Crippen LogP contribution is 2.14. The van der Waals surface area contributed by atoms with Crippen LogP contribution >= 0.6 is 0 Å². The van der Waals surface area contributed by atoms with Gasteiger partial charge in [0, 0.05) is 6.61 Å². The second kappa shape index (κ2) is 6.39. The first-order valence-electron chi connectivity index (χ1n) is 5.26. The van der Waals surface area contributed by atoms with E-state index in [2.05, 4.69) is 33.0 Å². The van der Waals surface area contributed by atoms with Crippen molar-refractivity contribution in [1.29, 1.82) is 0 Å². The topological polar surface area (TPSA) is 21.3 Å². The number of hydrogen-bond donors (Lipinski definition) is 1. The van der Waals surface area contributed by atoms with Crippen LogP contribution in [-0.2, 0) is 4.74 Å². The summed E-state index contributed by atoms with van der Waals surface area (Å²) in [6.45, 7) is 10.7. The summed E-state index contributed by atoms with van der Waals surface area (Å²) >= 11 is 0. The van der Waals surface area contributed by atoms with Crippen LogP contribution in [0.4, 0.5) is 0 Å². The molecule has 0 saturated carbocycles.